The number of aromatic nitrogens is 1. The highest BCUT2D eigenvalue weighted by Crippen LogP contribution is 2.33. The molecule has 11 heteroatoms. The second-order valence-electron chi connectivity index (χ2n) is 7.70. The molecule has 0 saturated carbocycles. The normalized spacial score (nSPS) is 15.6. The topological polar surface area (TPSA) is 120 Å². The first-order valence-electron chi connectivity index (χ1n) is 10.4. The van der Waals surface area contributed by atoms with Gasteiger partial charge >= 0.3 is 11.9 Å². The predicted molar refractivity (Wildman–Crippen MR) is 127 cm³/mol. The van der Waals surface area contributed by atoms with Crippen LogP contribution < -0.4 is 19.8 Å². The Morgan fingerprint density at radius 2 is 2.00 bits per heavy atom. The molecule has 0 radical (unpaired) electrons. The average molecular weight is 483 g/mol. The largest absolute Gasteiger partial charge is 0.463 e. The van der Waals surface area contributed by atoms with Crippen LogP contribution in [0.4, 0.5) is 11.6 Å². The van der Waals surface area contributed by atoms with Crippen LogP contribution in [0.15, 0.2) is 56.2 Å². The summed E-state index contributed by atoms with van der Waals surface area (Å²) < 4.78 is 12.1. The molecule has 0 spiro atoms. The van der Waals surface area contributed by atoms with Gasteiger partial charge in [0.25, 0.3) is 5.56 Å². The van der Waals surface area contributed by atoms with Crippen LogP contribution in [0.25, 0.3) is 11.8 Å². The molecule has 0 aliphatic carbocycles. The van der Waals surface area contributed by atoms with Crippen LogP contribution in [-0.4, -0.2) is 36.2 Å². The molecule has 4 rings (SSSR count). The van der Waals surface area contributed by atoms with E-state index in [9.17, 15) is 19.7 Å². The number of nitro groups is 1. The Kier molecular flexibility index (Phi) is 6.20. The molecule has 0 bridgehead atoms. The van der Waals surface area contributed by atoms with E-state index in [2.05, 4.69) is 0 Å². The van der Waals surface area contributed by atoms with Gasteiger partial charge in [0, 0.05) is 31.6 Å². The lowest BCUT2D eigenvalue weighted by atomic mass is 9.96. The van der Waals surface area contributed by atoms with E-state index in [4.69, 9.17) is 14.1 Å². The Hall–Kier alpha value is -3.99. The van der Waals surface area contributed by atoms with Crippen molar-refractivity contribution in [3.63, 3.8) is 0 Å². The number of rotatable bonds is 6. The lowest BCUT2D eigenvalue weighted by molar-refractivity contribution is -0.402. The van der Waals surface area contributed by atoms with Crippen LogP contribution in [0.5, 0.6) is 0 Å². The fourth-order valence-corrected chi connectivity index (χ4v) is 4.68. The molecule has 1 atom stereocenters. The number of nitrogens with zero attached hydrogens (tertiary/aromatic N) is 4. The van der Waals surface area contributed by atoms with E-state index in [0.717, 1.165) is 22.6 Å². The van der Waals surface area contributed by atoms with Crippen molar-refractivity contribution in [2.24, 2.45) is 4.99 Å². The summed E-state index contributed by atoms with van der Waals surface area (Å²) in [5.74, 6) is -0.785. The zero-order valence-electron chi connectivity index (χ0n) is 19.0. The first kappa shape index (κ1) is 23.2. The minimum absolute atomic E-state index is 0.172. The van der Waals surface area contributed by atoms with Crippen LogP contribution in [0.3, 0.4) is 0 Å². The Morgan fingerprint density at radius 1 is 1.29 bits per heavy atom. The van der Waals surface area contributed by atoms with Gasteiger partial charge in [0.15, 0.2) is 4.80 Å². The Bertz CT molecular complexity index is 1480. The van der Waals surface area contributed by atoms with Crippen molar-refractivity contribution in [2.75, 3.05) is 25.6 Å². The number of carbonyl (C=O) groups is 1. The van der Waals surface area contributed by atoms with Crippen LogP contribution in [-0.2, 0) is 9.53 Å². The number of hydrogen-bond acceptors (Lipinski definition) is 9. The van der Waals surface area contributed by atoms with Gasteiger partial charge in [-0.1, -0.05) is 23.5 Å². The minimum Gasteiger partial charge on any atom is -0.463 e. The number of ether oxygens (including phenoxy) is 1. The first-order chi connectivity index (χ1) is 16.2. The van der Waals surface area contributed by atoms with Crippen LogP contribution in [0.2, 0.25) is 0 Å². The van der Waals surface area contributed by atoms with Crippen molar-refractivity contribution >= 4 is 40.7 Å². The molecule has 1 aliphatic heterocycles. The summed E-state index contributed by atoms with van der Waals surface area (Å²) in [4.78, 5) is 43.4. The molecular formula is C23H22N4O6S. The van der Waals surface area contributed by atoms with Gasteiger partial charge in [0.05, 0.1) is 18.2 Å². The lowest BCUT2D eigenvalue weighted by Gasteiger charge is -2.23. The first-order valence-corrected chi connectivity index (χ1v) is 11.2. The number of benzene rings is 1. The quantitative estimate of drug-likeness (QED) is 0.301. The summed E-state index contributed by atoms with van der Waals surface area (Å²) in [6, 6.07) is 9.65. The van der Waals surface area contributed by atoms with E-state index in [0.29, 0.717) is 10.5 Å². The highest BCUT2D eigenvalue weighted by molar-refractivity contribution is 7.07. The highest BCUT2D eigenvalue weighted by atomic mass is 32.1. The minimum atomic E-state index is -0.649. The van der Waals surface area contributed by atoms with Crippen molar-refractivity contribution in [1.29, 1.82) is 0 Å². The Morgan fingerprint density at radius 3 is 2.59 bits per heavy atom. The standard InChI is InChI=1S/C23H22N4O6S/c1-5-32-22(29)19-13(2)26-21(28)17(12-16-10-11-18(33-16)27(30)31)34-23(26)24-20(19)14-6-8-15(9-7-14)25(3)4/h6-12,20H,5H2,1-4H3/b17-12+/t20-/m1/s1. The summed E-state index contributed by atoms with van der Waals surface area (Å²) >= 11 is 1.12. The maximum Gasteiger partial charge on any atom is 0.433 e. The molecule has 3 aromatic rings. The van der Waals surface area contributed by atoms with E-state index in [1.54, 1.807) is 13.8 Å². The molecule has 0 saturated heterocycles. The highest BCUT2D eigenvalue weighted by Gasteiger charge is 2.31. The van der Waals surface area contributed by atoms with Crippen LogP contribution in [0.1, 0.15) is 31.2 Å². The van der Waals surface area contributed by atoms with Crippen LogP contribution >= 0.6 is 11.3 Å². The maximum atomic E-state index is 13.2. The summed E-state index contributed by atoms with van der Waals surface area (Å²) in [7, 11) is 3.87. The molecule has 0 unspecified atom stereocenters. The van der Waals surface area contributed by atoms with Gasteiger partial charge in [0.2, 0.25) is 0 Å². The molecule has 1 aromatic carbocycles. The van der Waals surface area contributed by atoms with Gasteiger partial charge in [-0.15, -0.1) is 0 Å². The molecular weight excluding hydrogens is 460 g/mol. The van der Waals surface area contributed by atoms with Gasteiger partial charge in [-0.2, -0.15) is 0 Å². The van der Waals surface area contributed by atoms with Crippen molar-refractivity contribution in [3.8, 4) is 0 Å². The third-order valence-electron chi connectivity index (χ3n) is 5.33. The molecule has 1 aliphatic rings. The SMILES string of the molecule is CCOC(=O)C1=C(C)n2c(s/c(=C/c3ccc([N+](=O)[O-])o3)c2=O)=N[C@@H]1c1ccc(N(C)C)cc1. The van der Waals surface area contributed by atoms with Gasteiger partial charge < -0.3 is 14.1 Å². The average Bonchev–Trinajstić information content (AvgIpc) is 3.39. The number of carbonyl (C=O) groups excluding carboxylic acids is 1. The van der Waals surface area contributed by atoms with Crippen LogP contribution in [0, 0.1) is 10.1 Å². The van der Waals surface area contributed by atoms with Gasteiger partial charge in [0.1, 0.15) is 21.3 Å². The summed E-state index contributed by atoms with van der Waals surface area (Å²) in [5, 5.41) is 10.9. The number of hydrogen-bond donors (Lipinski definition) is 0. The van der Waals surface area contributed by atoms with E-state index in [1.165, 1.54) is 22.8 Å². The second kappa shape index (κ2) is 9.10. The fourth-order valence-electron chi connectivity index (χ4n) is 3.66. The van der Waals surface area contributed by atoms with Crippen molar-refractivity contribution in [3.05, 3.63) is 83.1 Å². The number of thiazole rings is 1. The molecule has 176 valence electrons. The van der Waals surface area contributed by atoms with E-state index >= 15 is 0 Å². The number of allylic oxidation sites excluding steroid dienone is 1. The molecule has 34 heavy (non-hydrogen) atoms. The Labute approximate surface area is 197 Å². The second-order valence-corrected chi connectivity index (χ2v) is 8.71. The van der Waals surface area contributed by atoms with Gasteiger partial charge in [-0.05, 0) is 37.6 Å². The van der Waals surface area contributed by atoms with E-state index in [-0.39, 0.29) is 22.5 Å². The number of fused-ring (bicyclic) bond motifs is 1. The number of esters is 1. The molecule has 10 nitrogen and oxygen atoms in total. The summed E-state index contributed by atoms with van der Waals surface area (Å²) in [6.45, 7) is 3.58. The monoisotopic (exact) mass is 482 g/mol. The van der Waals surface area contributed by atoms with Crippen molar-refractivity contribution in [2.45, 2.75) is 19.9 Å². The molecule has 0 N–H and O–H groups in total. The van der Waals surface area contributed by atoms with Gasteiger partial charge in [-0.3, -0.25) is 19.5 Å². The zero-order valence-corrected chi connectivity index (χ0v) is 19.8. The van der Waals surface area contributed by atoms with Crippen molar-refractivity contribution < 1.29 is 18.9 Å². The number of furan rings is 1. The molecule has 0 amide bonds. The zero-order chi connectivity index (χ0) is 24.6. The Balaban J connectivity index is 1.89. The van der Waals surface area contributed by atoms with Crippen molar-refractivity contribution in [1.82, 2.24) is 4.57 Å². The smallest absolute Gasteiger partial charge is 0.433 e. The van der Waals surface area contributed by atoms with E-state index < -0.39 is 28.4 Å². The molecule has 2 aromatic heterocycles. The van der Waals surface area contributed by atoms with Gasteiger partial charge in [-0.25, -0.2) is 9.79 Å². The summed E-state index contributed by atoms with van der Waals surface area (Å²) in [5.41, 5.74) is 2.09. The lowest BCUT2D eigenvalue weighted by Crippen LogP contribution is -2.35. The van der Waals surface area contributed by atoms with E-state index in [1.807, 2.05) is 43.3 Å². The maximum absolute atomic E-state index is 13.2. The number of anilines is 1. The third-order valence-corrected chi connectivity index (χ3v) is 6.31. The fraction of sp³-hybridized carbons (Fsp3) is 0.261. The predicted octanol–water partition coefficient (Wildman–Crippen LogP) is 2.47. The molecule has 3 heterocycles. The molecule has 0 fully saturated rings. The third kappa shape index (κ3) is 4.17. The summed E-state index contributed by atoms with van der Waals surface area (Å²) in [6.07, 6.45) is 1.43.